The molecule has 7 heteroatoms. The minimum absolute atomic E-state index is 0. The number of hydrogen-bond donors (Lipinski definition) is 1. The number of guanidine groups is 1. The second kappa shape index (κ2) is 11.0. The van der Waals surface area contributed by atoms with E-state index in [0.717, 1.165) is 24.6 Å². The summed E-state index contributed by atoms with van der Waals surface area (Å²) >= 11 is 0. The van der Waals surface area contributed by atoms with Crippen LogP contribution >= 0.6 is 24.0 Å². The second-order valence-corrected chi connectivity index (χ2v) is 5.54. The smallest absolute Gasteiger partial charge is 0.218 e. The number of aromatic nitrogens is 2. The van der Waals surface area contributed by atoms with Gasteiger partial charge in [-0.3, -0.25) is 0 Å². The van der Waals surface area contributed by atoms with Crippen molar-refractivity contribution in [3.63, 3.8) is 0 Å². The highest BCUT2D eigenvalue weighted by molar-refractivity contribution is 14.0. The molecule has 0 unspecified atom stereocenters. The highest BCUT2D eigenvalue weighted by atomic mass is 127. The molecular formula is C18H28IN5O. The molecule has 25 heavy (non-hydrogen) atoms. The Morgan fingerprint density at radius 2 is 2.12 bits per heavy atom. The van der Waals surface area contributed by atoms with Gasteiger partial charge in [0, 0.05) is 44.3 Å². The number of hydrogen-bond acceptors (Lipinski definition) is 3. The van der Waals surface area contributed by atoms with Gasteiger partial charge in [0.2, 0.25) is 5.88 Å². The Bertz CT molecular complexity index is 671. The number of nitrogens with zero attached hydrogens (tertiary/aromatic N) is 4. The lowest BCUT2D eigenvalue weighted by Gasteiger charge is -2.22. The summed E-state index contributed by atoms with van der Waals surface area (Å²) in [7, 11) is 4.10. The van der Waals surface area contributed by atoms with Gasteiger partial charge in [0.05, 0.1) is 19.7 Å². The molecule has 6 nitrogen and oxygen atoms in total. The van der Waals surface area contributed by atoms with Crippen molar-refractivity contribution in [1.29, 1.82) is 0 Å². The van der Waals surface area contributed by atoms with Crippen LogP contribution in [0.5, 0.6) is 5.88 Å². The Hall–Kier alpha value is -1.77. The lowest BCUT2D eigenvalue weighted by molar-refractivity contribution is 0.323. The van der Waals surface area contributed by atoms with Crippen LogP contribution in [-0.2, 0) is 20.1 Å². The van der Waals surface area contributed by atoms with Crippen LogP contribution in [0.4, 0.5) is 0 Å². The van der Waals surface area contributed by atoms with Crippen molar-refractivity contribution < 1.29 is 4.74 Å². The molecule has 0 bridgehead atoms. The summed E-state index contributed by atoms with van der Waals surface area (Å²) in [4.78, 5) is 11.1. The quantitative estimate of drug-likeness (QED) is 0.395. The minimum Gasteiger partial charge on any atom is -0.478 e. The van der Waals surface area contributed by atoms with Gasteiger partial charge in [-0.15, -0.1) is 24.0 Å². The second-order valence-electron chi connectivity index (χ2n) is 5.54. The molecule has 0 aliphatic heterocycles. The molecule has 0 aliphatic carbocycles. The predicted octanol–water partition coefficient (Wildman–Crippen LogP) is 3.03. The highest BCUT2D eigenvalue weighted by Crippen LogP contribution is 2.15. The zero-order chi connectivity index (χ0) is 17.4. The fourth-order valence-corrected chi connectivity index (χ4v) is 2.42. The zero-order valence-corrected chi connectivity index (χ0v) is 17.7. The van der Waals surface area contributed by atoms with E-state index in [9.17, 15) is 0 Å². The van der Waals surface area contributed by atoms with E-state index < -0.39 is 0 Å². The van der Waals surface area contributed by atoms with Crippen LogP contribution in [0, 0.1) is 0 Å². The summed E-state index contributed by atoms with van der Waals surface area (Å²) in [5, 5.41) is 3.34. The SMILES string of the molecule is CCNC(=NCc1cccnc1OCC)N(C)Cc1cccn1C.I. The number of rotatable bonds is 7. The molecule has 0 spiro atoms. The summed E-state index contributed by atoms with van der Waals surface area (Å²) in [6, 6.07) is 8.09. The van der Waals surface area contributed by atoms with Crippen LogP contribution in [0.25, 0.3) is 0 Å². The Morgan fingerprint density at radius 3 is 2.76 bits per heavy atom. The van der Waals surface area contributed by atoms with Gasteiger partial charge in [-0.25, -0.2) is 9.98 Å². The molecule has 0 amide bonds. The maximum atomic E-state index is 5.57. The molecule has 2 aromatic rings. The van der Waals surface area contributed by atoms with Crippen LogP contribution in [-0.4, -0.2) is 40.6 Å². The van der Waals surface area contributed by atoms with E-state index in [-0.39, 0.29) is 24.0 Å². The van der Waals surface area contributed by atoms with Crippen LogP contribution < -0.4 is 10.1 Å². The standard InChI is InChI=1S/C18H27N5O.HI/c1-5-19-18(23(4)14-16-10-8-12-22(16)3)21-13-15-9-7-11-20-17(15)24-6-2;/h7-12H,5-6,13-14H2,1-4H3,(H,19,21);1H. The Labute approximate surface area is 167 Å². The Morgan fingerprint density at radius 1 is 1.32 bits per heavy atom. The number of aryl methyl sites for hydroxylation is 1. The zero-order valence-electron chi connectivity index (χ0n) is 15.4. The maximum Gasteiger partial charge on any atom is 0.218 e. The summed E-state index contributed by atoms with van der Waals surface area (Å²) < 4.78 is 7.69. The van der Waals surface area contributed by atoms with Crippen molar-refractivity contribution >= 4 is 29.9 Å². The van der Waals surface area contributed by atoms with E-state index in [1.165, 1.54) is 5.69 Å². The van der Waals surface area contributed by atoms with E-state index in [4.69, 9.17) is 9.73 Å². The van der Waals surface area contributed by atoms with Crippen molar-refractivity contribution in [3.8, 4) is 5.88 Å². The lowest BCUT2D eigenvalue weighted by atomic mass is 10.3. The monoisotopic (exact) mass is 457 g/mol. The molecular weight excluding hydrogens is 429 g/mol. The number of halogens is 1. The van der Waals surface area contributed by atoms with Crippen molar-refractivity contribution in [2.75, 3.05) is 20.2 Å². The largest absolute Gasteiger partial charge is 0.478 e. The molecule has 2 rings (SSSR count). The number of pyridine rings is 1. The summed E-state index contributed by atoms with van der Waals surface area (Å²) in [5.41, 5.74) is 2.22. The first-order valence-corrected chi connectivity index (χ1v) is 8.32. The molecule has 0 aliphatic rings. The van der Waals surface area contributed by atoms with E-state index in [1.807, 2.05) is 26.1 Å². The van der Waals surface area contributed by atoms with Gasteiger partial charge < -0.3 is 19.5 Å². The molecule has 2 heterocycles. The molecule has 0 saturated carbocycles. The van der Waals surface area contributed by atoms with Crippen molar-refractivity contribution in [1.82, 2.24) is 19.8 Å². The van der Waals surface area contributed by atoms with E-state index in [0.29, 0.717) is 19.0 Å². The molecule has 2 aromatic heterocycles. The molecule has 0 aromatic carbocycles. The first-order valence-electron chi connectivity index (χ1n) is 8.32. The van der Waals surface area contributed by atoms with Gasteiger partial charge in [0.1, 0.15) is 0 Å². The predicted molar refractivity (Wildman–Crippen MR) is 113 cm³/mol. The van der Waals surface area contributed by atoms with Gasteiger partial charge in [0.15, 0.2) is 5.96 Å². The minimum atomic E-state index is 0. The fraction of sp³-hybridized carbons (Fsp3) is 0.444. The first kappa shape index (κ1) is 21.3. The third kappa shape index (κ3) is 6.22. The average Bonchev–Trinajstić information content (AvgIpc) is 2.98. The van der Waals surface area contributed by atoms with Crippen molar-refractivity contribution in [2.45, 2.75) is 26.9 Å². The number of aliphatic imine (C=N–C) groups is 1. The van der Waals surface area contributed by atoms with Gasteiger partial charge >= 0.3 is 0 Å². The highest BCUT2D eigenvalue weighted by Gasteiger charge is 2.09. The summed E-state index contributed by atoms with van der Waals surface area (Å²) in [6.07, 6.45) is 3.79. The first-order chi connectivity index (χ1) is 11.7. The number of nitrogens with one attached hydrogen (secondary N) is 1. The molecule has 0 atom stereocenters. The van der Waals surface area contributed by atoms with Gasteiger partial charge in [-0.2, -0.15) is 0 Å². The normalized spacial score (nSPS) is 11.0. The molecule has 0 saturated heterocycles. The Kier molecular flexibility index (Phi) is 9.33. The number of ether oxygens (including phenoxy) is 1. The fourth-order valence-electron chi connectivity index (χ4n) is 2.42. The van der Waals surface area contributed by atoms with Crippen molar-refractivity contribution in [2.24, 2.45) is 12.0 Å². The van der Waals surface area contributed by atoms with Crippen LogP contribution in [0.15, 0.2) is 41.7 Å². The van der Waals surface area contributed by atoms with Gasteiger partial charge in [-0.1, -0.05) is 6.07 Å². The van der Waals surface area contributed by atoms with Gasteiger partial charge in [0.25, 0.3) is 0 Å². The maximum absolute atomic E-state index is 5.57. The Balaban J connectivity index is 0.00000312. The van der Waals surface area contributed by atoms with E-state index >= 15 is 0 Å². The van der Waals surface area contributed by atoms with Crippen LogP contribution in [0.1, 0.15) is 25.1 Å². The average molecular weight is 457 g/mol. The van der Waals surface area contributed by atoms with Crippen molar-refractivity contribution in [3.05, 3.63) is 47.9 Å². The molecule has 1 N–H and O–H groups in total. The lowest BCUT2D eigenvalue weighted by Crippen LogP contribution is -2.38. The topological polar surface area (TPSA) is 54.7 Å². The summed E-state index contributed by atoms with van der Waals surface area (Å²) in [5.74, 6) is 1.52. The molecule has 138 valence electrons. The van der Waals surface area contributed by atoms with Gasteiger partial charge in [-0.05, 0) is 32.0 Å². The van der Waals surface area contributed by atoms with E-state index in [1.54, 1.807) is 6.20 Å². The third-order valence-corrected chi connectivity index (χ3v) is 3.68. The summed E-state index contributed by atoms with van der Waals surface area (Å²) in [6.45, 7) is 6.77. The van der Waals surface area contributed by atoms with Crippen LogP contribution in [0.2, 0.25) is 0 Å². The van der Waals surface area contributed by atoms with E-state index in [2.05, 4.69) is 52.1 Å². The third-order valence-electron chi connectivity index (χ3n) is 3.68. The van der Waals surface area contributed by atoms with Crippen LogP contribution in [0.3, 0.4) is 0 Å². The molecule has 0 radical (unpaired) electrons. The molecule has 0 fully saturated rings.